The highest BCUT2D eigenvalue weighted by atomic mass is 32.2. The Balaban J connectivity index is 2.21. The highest BCUT2D eigenvalue weighted by Crippen LogP contribution is 2.39. The van der Waals surface area contributed by atoms with Crippen LogP contribution in [0.1, 0.15) is 49.9 Å². The molecule has 0 saturated heterocycles. The number of methoxy groups -OCH3 is 1. The van der Waals surface area contributed by atoms with E-state index in [1.807, 2.05) is 30.0 Å². The van der Waals surface area contributed by atoms with Gasteiger partial charge in [0, 0.05) is 10.1 Å². The molecule has 104 valence electrons. The fourth-order valence-corrected chi connectivity index (χ4v) is 4.38. The third kappa shape index (κ3) is 3.53. The number of benzene rings is 1. The Hall–Kier alpha value is -0.960. The first-order chi connectivity index (χ1) is 9.11. The molecule has 0 radical (unpaired) electrons. The van der Waals surface area contributed by atoms with Crippen LogP contribution in [0, 0.1) is 5.92 Å². The first kappa shape index (κ1) is 14.4. The van der Waals surface area contributed by atoms with Gasteiger partial charge >= 0.3 is 0 Å². The molecule has 1 fully saturated rings. The van der Waals surface area contributed by atoms with E-state index in [2.05, 4.69) is 6.92 Å². The molecule has 1 aliphatic carbocycles. The average molecular weight is 278 g/mol. The molecule has 1 saturated carbocycles. The largest absolute Gasteiger partial charge is 0.496 e. The van der Waals surface area contributed by atoms with Gasteiger partial charge in [-0.1, -0.05) is 25.8 Å². The van der Waals surface area contributed by atoms with Gasteiger partial charge in [0.1, 0.15) is 5.75 Å². The molecule has 2 unspecified atom stereocenters. The summed E-state index contributed by atoms with van der Waals surface area (Å²) in [7, 11) is 1.62. The normalized spacial score (nSPS) is 23.1. The second-order valence-electron chi connectivity index (χ2n) is 5.40. The number of thioether (sulfide) groups is 1. The van der Waals surface area contributed by atoms with Gasteiger partial charge in [0.15, 0.2) is 5.78 Å². The summed E-state index contributed by atoms with van der Waals surface area (Å²) >= 11 is 1.85. The van der Waals surface area contributed by atoms with Crippen LogP contribution in [0.3, 0.4) is 0 Å². The van der Waals surface area contributed by atoms with E-state index in [0.29, 0.717) is 11.0 Å². The summed E-state index contributed by atoms with van der Waals surface area (Å²) in [6, 6.07) is 5.88. The molecule has 0 aromatic heterocycles. The van der Waals surface area contributed by atoms with Crippen LogP contribution in [-0.2, 0) is 0 Å². The van der Waals surface area contributed by atoms with Crippen molar-refractivity contribution in [2.75, 3.05) is 7.11 Å². The molecule has 2 atom stereocenters. The van der Waals surface area contributed by atoms with E-state index in [9.17, 15) is 4.79 Å². The lowest BCUT2D eigenvalue weighted by molar-refractivity contribution is 0.101. The van der Waals surface area contributed by atoms with Crippen molar-refractivity contribution in [1.82, 2.24) is 0 Å². The molecule has 0 spiro atoms. The third-order valence-corrected chi connectivity index (χ3v) is 5.10. The Morgan fingerprint density at radius 2 is 2.16 bits per heavy atom. The zero-order valence-corrected chi connectivity index (χ0v) is 12.8. The van der Waals surface area contributed by atoms with E-state index in [0.717, 1.165) is 16.4 Å². The number of carbonyl (C=O) groups is 1. The number of ether oxygens (including phenoxy) is 1. The minimum absolute atomic E-state index is 0.0869. The number of Topliss-reactive ketones (excluding diaryl/α,β-unsaturated/α-hetero) is 1. The number of hydrogen-bond acceptors (Lipinski definition) is 3. The summed E-state index contributed by atoms with van der Waals surface area (Å²) in [5.74, 6) is 1.59. The lowest BCUT2D eigenvalue weighted by Gasteiger charge is -2.26. The third-order valence-electron chi connectivity index (χ3n) is 3.74. The molecule has 2 rings (SSSR count). The van der Waals surface area contributed by atoms with E-state index in [-0.39, 0.29) is 5.78 Å². The van der Waals surface area contributed by atoms with Crippen molar-refractivity contribution in [2.45, 2.75) is 49.7 Å². The molecule has 3 heteroatoms. The summed E-state index contributed by atoms with van der Waals surface area (Å²) in [6.07, 6.45) is 5.15. The smallest absolute Gasteiger partial charge is 0.164 e. The number of ketones is 1. The standard InChI is InChI=1S/C16H22O2S/c1-11-6-4-7-13(10-11)19-15-9-5-8-14(18-3)16(15)12(2)17/h5,8-9,11,13H,4,6-7,10H2,1-3H3. The highest BCUT2D eigenvalue weighted by Gasteiger charge is 2.22. The molecule has 0 aliphatic heterocycles. The van der Waals surface area contributed by atoms with Gasteiger partial charge in [0.2, 0.25) is 0 Å². The number of rotatable bonds is 4. The molecule has 1 aliphatic rings. The fraction of sp³-hybridized carbons (Fsp3) is 0.562. The maximum atomic E-state index is 11.9. The van der Waals surface area contributed by atoms with Crippen LogP contribution in [0.2, 0.25) is 0 Å². The minimum Gasteiger partial charge on any atom is -0.496 e. The maximum absolute atomic E-state index is 11.9. The monoisotopic (exact) mass is 278 g/mol. The molecule has 1 aromatic carbocycles. The summed E-state index contributed by atoms with van der Waals surface area (Å²) in [5.41, 5.74) is 0.744. The van der Waals surface area contributed by atoms with Crippen LogP contribution in [0.5, 0.6) is 5.75 Å². The van der Waals surface area contributed by atoms with E-state index in [1.54, 1.807) is 14.0 Å². The molecular weight excluding hydrogens is 256 g/mol. The number of carbonyl (C=O) groups excluding carboxylic acids is 1. The molecule has 0 heterocycles. The molecule has 0 bridgehead atoms. The maximum Gasteiger partial charge on any atom is 0.164 e. The zero-order chi connectivity index (χ0) is 13.8. The van der Waals surface area contributed by atoms with Crippen LogP contribution >= 0.6 is 11.8 Å². The van der Waals surface area contributed by atoms with E-state index < -0.39 is 0 Å². The van der Waals surface area contributed by atoms with Crippen molar-refractivity contribution in [3.8, 4) is 5.75 Å². The van der Waals surface area contributed by atoms with Crippen molar-refractivity contribution < 1.29 is 9.53 Å². The van der Waals surface area contributed by atoms with Crippen molar-refractivity contribution in [1.29, 1.82) is 0 Å². The molecule has 19 heavy (non-hydrogen) atoms. The van der Waals surface area contributed by atoms with Crippen molar-refractivity contribution in [3.05, 3.63) is 23.8 Å². The average Bonchev–Trinajstić information content (AvgIpc) is 2.38. The summed E-state index contributed by atoms with van der Waals surface area (Å²) in [5, 5.41) is 0.633. The molecule has 0 amide bonds. The van der Waals surface area contributed by atoms with Gasteiger partial charge in [0.05, 0.1) is 12.7 Å². The van der Waals surface area contributed by atoms with Crippen LogP contribution < -0.4 is 4.74 Å². The summed E-state index contributed by atoms with van der Waals surface area (Å²) in [4.78, 5) is 12.9. The van der Waals surface area contributed by atoms with Gasteiger partial charge < -0.3 is 4.74 Å². The van der Waals surface area contributed by atoms with Crippen LogP contribution in [0.25, 0.3) is 0 Å². The SMILES string of the molecule is COc1cccc(SC2CCCC(C)C2)c1C(C)=O. The first-order valence-electron chi connectivity index (χ1n) is 6.96. The second-order valence-corrected chi connectivity index (χ2v) is 6.74. The van der Waals surface area contributed by atoms with Crippen LogP contribution in [0.4, 0.5) is 0 Å². The molecule has 2 nitrogen and oxygen atoms in total. The first-order valence-corrected chi connectivity index (χ1v) is 7.84. The summed E-state index contributed by atoms with van der Waals surface area (Å²) < 4.78 is 5.32. The Labute approximate surface area is 119 Å². The zero-order valence-electron chi connectivity index (χ0n) is 11.9. The quantitative estimate of drug-likeness (QED) is 0.755. The highest BCUT2D eigenvalue weighted by molar-refractivity contribution is 8.00. The predicted octanol–water partition coefficient (Wildman–Crippen LogP) is 4.57. The van der Waals surface area contributed by atoms with Gasteiger partial charge in [-0.15, -0.1) is 11.8 Å². The van der Waals surface area contributed by atoms with E-state index in [1.165, 1.54) is 25.7 Å². The second kappa shape index (κ2) is 6.47. The fourth-order valence-electron chi connectivity index (χ4n) is 2.79. The van der Waals surface area contributed by atoms with Gasteiger partial charge in [-0.3, -0.25) is 4.79 Å². The van der Waals surface area contributed by atoms with E-state index in [4.69, 9.17) is 4.74 Å². The Morgan fingerprint density at radius 1 is 1.37 bits per heavy atom. The van der Waals surface area contributed by atoms with Crippen molar-refractivity contribution in [3.63, 3.8) is 0 Å². The number of hydrogen-bond donors (Lipinski definition) is 0. The Morgan fingerprint density at radius 3 is 2.79 bits per heavy atom. The Kier molecular flexibility index (Phi) is 4.92. The lowest BCUT2D eigenvalue weighted by Crippen LogP contribution is -2.15. The van der Waals surface area contributed by atoms with Gasteiger partial charge in [-0.05, 0) is 37.8 Å². The van der Waals surface area contributed by atoms with Crippen LogP contribution in [0.15, 0.2) is 23.1 Å². The summed E-state index contributed by atoms with van der Waals surface area (Å²) in [6.45, 7) is 3.94. The lowest BCUT2D eigenvalue weighted by atomic mass is 9.91. The molecule has 0 N–H and O–H groups in total. The van der Waals surface area contributed by atoms with Crippen molar-refractivity contribution in [2.24, 2.45) is 5.92 Å². The van der Waals surface area contributed by atoms with E-state index >= 15 is 0 Å². The minimum atomic E-state index is 0.0869. The van der Waals surface area contributed by atoms with Gasteiger partial charge in [0.25, 0.3) is 0 Å². The van der Waals surface area contributed by atoms with Gasteiger partial charge in [-0.25, -0.2) is 0 Å². The van der Waals surface area contributed by atoms with Gasteiger partial charge in [-0.2, -0.15) is 0 Å². The van der Waals surface area contributed by atoms with Crippen LogP contribution in [-0.4, -0.2) is 18.1 Å². The molecule has 1 aromatic rings. The topological polar surface area (TPSA) is 26.3 Å². The Bertz CT molecular complexity index is 456. The predicted molar refractivity (Wildman–Crippen MR) is 80.3 cm³/mol. The molecular formula is C16H22O2S. The van der Waals surface area contributed by atoms with Crippen molar-refractivity contribution >= 4 is 17.5 Å².